The van der Waals surface area contributed by atoms with Crippen LogP contribution < -0.4 is 4.90 Å². The molecule has 7 heteroatoms. The summed E-state index contributed by atoms with van der Waals surface area (Å²) in [6.07, 6.45) is 0.0672. The van der Waals surface area contributed by atoms with E-state index >= 15 is 0 Å². The molecule has 1 fully saturated rings. The maximum absolute atomic E-state index is 12.1. The van der Waals surface area contributed by atoms with E-state index in [0.717, 1.165) is 27.6 Å². The summed E-state index contributed by atoms with van der Waals surface area (Å²) in [6.45, 7) is 3.53. The molecule has 0 spiro atoms. The third-order valence-electron chi connectivity index (χ3n) is 4.66. The minimum absolute atomic E-state index is 0.00283. The van der Waals surface area contributed by atoms with Gasteiger partial charge in [-0.25, -0.2) is 9.78 Å². The molecule has 1 aromatic carbocycles. The Bertz CT molecular complexity index is 977. The maximum atomic E-state index is 12.1. The number of hydrogen-bond acceptors (Lipinski definition) is 6. The van der Waals surface area contributed by atoms with E-state index in [1.807, 2.05) is 24.3 Å². The lowest BCUT2D eigenvalue weighted by molar-refractivity contribution is -0.0170. The molecule has 1 aliphatic heterocycles. The molecule has 2 unspecified atom stereocenters. The number of benzene rings is 1. The van der Waals surface area contributed by atoms with Crippen molar-refractivity contribution in [2.45, 2.75) is 19.1 Å². The number of esters is 1. The van der Waals surface area contributed by atoms with Crippen LogP contribution in [0.4, 0.5) is 5.69 Å². The predicted octanol–water partition coefficient (Wildman–Crippen LogP) is 4.81. The summed E-state index contributed by atoms with van der Waals surface area (Å²) in [5.41, 5.74) is 3.23. The number of aromatic nitrogens is 1. The predicted molar refractivity (Wildman–Crippen MR) is 111 cm³/mol. The fourth-order valence-corrected chi connectivity index (χ4v) is 4.50. The number of hydrogen-bond donors (Lipinski definition) is 0. The topological polar surface area (TPSA) is 51.7 Å². The first-order chi connectivity index (χ1) is 13.0. The second kappa shape index (κ2) is 7.58. The third-order valence-corrected chi connectivity index (χ3v) is 5.85. The molecule has 4 rings (SSSR count). The van der Waals surface area contributed by atoms with Gasteiger partial charge in [0.05, 0.1) is 18.7 Å². The van der Waals surface area contributed by atoms with Crippen LogP contribution in [0, 0.1) is 0 Å². The number of pyridine rings is 1. The zero-order valence-corrected chi connectivity index (χ0v) is 17.4. The van der Waals surface area contributed by atoms with Crippen molar-refractivity contribution in [1.82, 2.24) is 4.98 Å². The summed E-state index contributed by atoms with van der Waals surface area (Å²) in [4.78, 5) is 18.9. The van der Waals surface area contributed by atoms with Crippen molar-refractivity contribution in [3.63, 3.8) is 0 Å². The average Bonchev–Trinajstić information content (AvgIpc) is 3.21. The van der Waals surface area contributed by atoms with Crippen molar-refractivity contribution in [2.75, 3.05) is 25.1 Å². The summed E-state index contributed by atoms with van der Waals surface area (Å²) in [7, 11) is 1.37. The van der Waals surface area contributed by atoms with Crippen molar-refractivity contribution < 1.29 is 14.3 Å². The van der Waals surface area contributed by atoms with Crippen molar-refractivity contribution in [1.29, 1.82) is 0 Å². The fraction of sp³-hybridized carbons (Fsp3) is 0.300. The maximum Gasteiger partial charge on any atom is 0.356 e. The van der Waals surface area contributed by atoms with Crippen LogP contribution in [-0.2, 0) is 9.47 Å². The largest absolute Gasteiger partial charge is 0.464 e. The molecular weight excluding hydrogens is 428 g/mol. The summed E-state index contributed by atoms with van der Waals surface area (Å²) < 4.78 is 12.0. The number of rotatable bonds is 3. The minimum atomic E-state index is -0.434. The lowest BCUT2D eigenvalue weighted by Gasteiger charge is -2.38. The molecule has 0 N–H and O–H groups in total. The molecule has 0 bridgehead atoms. The van der Waals surface area contributed by atoms with E-state index in [2.05, 4.69) is 49.6 Å². The molecule has 0 saturated carbocycles. The molecule has 0 amide bonds. The first kappa shape index (κ1) is 18.4. The van der Waals surface area contributed by atoms with Crippen molar-refractivity contribution in [3.05, 3.63) is 56.8 Å². The number of fused-ring (bicyclic) bond motifs is 1. The standard InChI is InChI=1S/C20H19BrN2O3S/c1-12-9-23(10-19(26-12)13-5-6-27-11-13)18-8-17(20(24)25-2)22-16-4-3-14(21)7-15(16)18/h3-8,11-12,19H,9-10H2,1-2H3. The van der Waals surface area contributed by atoms with Crippen LogP contribution in [0.1, 0.15) is 29.1 Å². The number of methoxy groups -OCH3 is 1. The molecular formula is C20H19BrN2O3S. The Balaban J connectivity index is 1.80. The normalized spacial score (nSPS) is 20.0. The van der Waals surface area contributed by atoms with Gasteiger partial charge in [0.15, 0.2) is 5.69 Å². The molecule has 0 aliphatic carbocycles. The second-order valence-corrected chi connectivity index (χ2v) is 8.27. The Morgan fingerprint density at radius 2 is 2.19 bits per heavy atom. The zero-order chi connectivity index (χ0) is 19.0. The molecule has 3 heterocycles. The molecule has 1 saturated heterocycles. The smallest absolute Gasteiger partial charge is 0.356 e. The van der Waals surface area contributed by atoms with Gasteiger partial charge in [-0.15, -0.1) is 0 Å². The number of ether oxygens (including phenoxy) is 2. The van der Waals surface area contributed by atoms with Crippen molar-refractivity contribution in [2.24, 2.45) is 0 Å². The molecule has 2 aromatic heterocycles. The third kappa shape index (κ3) is 3.72. The van der Waals surface area contributed by atoms with Gasteiger partial charge < -0.3 is 14.4 Å². The van der Waals surface area contributed by atoms with Crippen LogP contribution in [0.5, 0.6) is 0 Å². The van der Waals surface area contributed by atoms with E-state index in [4.69, 9.17) is 9.47 Å². The summed E-state index contributed by atoms with van der Waals surface area (Å²) in [5.74, 6) is -0.434. The number of morpholine rings is 1. The van der Waals surface area contributed by atoms with Gasteiger partial charge in [0.25, 0.3) is 0 Å². The minimum Gasteiger partial charge on any atom is -0.464 e. The Morgan fingerprint density at radius 3 is 2.93 bits per heavy atom. The van der Waals surface area contributed by atoms with Crippen LogP contribution in [-0.4, -0.2) is 37.3 Å². The van der Waals surface area contributed by atoms with Gasteiger partial charge in [-0.2, -0.15) is 11.3 Å². The van der Waals surface area contributed by atoms with Gasteiger partial charge in [-0.3, -0.25) is 0 Å². The Labute approximate surface area is 170 Å². The van der Waals surface area contributed by atoms with Gasteiger partial charge in [0.1, 0.15) is 6.10 Å². The van der Waals surface area contributed by atoms with Gasteiger partial charge in [0, 0.05) is 28.6 Å². The summed E-state index contributed by atoms with van der Waals surface area (Å²) in [6, 6.07) is 9.81. The number of anilines is 1. The van der Waals surface area contributed by atoms with E-state index in [1.54, 1.807) is 11.3 Å². The summed E-state index contributed by atoms with van der Waals surface area (Å²) in [5, 5.41) is 5.19. The highest BCUT2D eigenvalue weighted by Gasteiger charge is 2.28. The van der Waals surface area contributed by atoms with E-state index < -0.39 is 5.97 Å². The molecule has 140 valence electrons. The Morgan fingerprint density at radius 1 is 1.33 bits per heavy atom. The first-order valence-corrected chi connectivity index (χ1v) is 10.4. The van der Waals surface area contributed by atoms with Gasteiger partial charge >= 0.3 is 5.97 Å². The van der Waals surface area contributed by atoms with Crippen LogP contribution in [0.3, 0.4) is 0 Å². The molecule has 27 heavy (non-hydrogen) atoms. The number of halogens is 1. The van der Waals surface area contributed by atoms with Gasteiger partial charge in [-0.05, 0) is 53.6 Å². The number of thiophene rings is 1. The van der Waals surface area contributed by atoms with E-state index in [1.165, 1.54) is 12.7 Å². The monoisotopic (exact) mass is 446 g/mol. The highest BCUT2D eigenvalue weighted by molar-refractivity contribution is 9.10. The zero-order valence-electron chi connectivity index (χ0n) is 15.0. The number of carbonyl (C=O) groups is 1. The van der Waals surface area contributed by atoms with E-state index in [-0.39, 0.29) is 12.2 Å². The van der Waals surface area contributed by atoms with Crippen LogP contribution >= 0.6 is 27.3 Å². The number of nitrogens with zero attached hydrogens (tertiary/aromatic N) is 2. The quantitative estimate of drug-likeness (QED) is 0.540. The van der Waals surface area contributed by atoms with Crippen molar-refractivity contribution >= 4 is 49.8 Å². The SMILES string of the molecule is COC(=O)c1cc(N2CC(C)OC(c3ccsc3)C2)c2cc(Br)ccc2n1. The van der Waals surface area contributed by atoms with Crippen molar-refractivity contribution in [3.8, 4) is 0 Å². The second-order valence-electron chi connectivity index (χ2n) is 6.58. The molecule has 5 nitrogen and oxygen atoms in total. The molecule has 3 aromatic rings. The van der Waals surface area contributed by atoms with Gasteiger partial charge in [-0.1, -0.05) is 15.9 Å². The Kier molecular flexibility index (Phi) is 5.16. The lowest BCUT2D eigenvalue weighted by Crippen LogP contribution is -2.43. The van der Waals surface area contributed by atoms with E-state index in [9.17, 15) is 4.79 Å². The first-order valence-electron chi connectivity index (χ1n) is 8.66. The highest BCUT2D eigenvalue weighted by atomic mass is 79.9. The Hall–Kier alpha value is -1.96. The highest BCUT2D eigenvalue weighted by Crippen LogP contribution is 2.35. The molecule has 1 aliphatic rings. The van der Waals surface area contributed by atoms with Crippen LogP contribution in [0.25, 0.3) is 10.9 Å². The fourth-order valence-electron chi connectivity index (χ4n) is 3.44. The lowest BCUT2D eigenvalue weighted by atomic mass is 10.1. The average molecular weight is 447 g/mol. The number of carbonyl (C=O) groups excluding carboxylic acids is 1. The molecule has 0 radical (unpaired) electrons. The van der Waals surface area contributed by atoms with Crippen LogP contribution in [0.15, 0.2) is 45.6 Å². The van der Waals surface area contributed by atoms with Crippen LogP contribution in [0.2, 0.25) is 0 Å². The summed E-state index contributed by atoms with van der Waals surface area (Å²) >= 11 is 5.22. The molecule has 2 atom stereocenters. The van der Waals surface area contributed by atoms with E-state index in [0.29, 0.717) is 12.2 Å². The van der Waals surface area contributed by atoms with Gasteiger partial charge in [0.2, 0.25) is 0 Å².